The molecule has 0 saturated heterocycles. The number of ether oxygens (including phenoxy) is 1. The number of rotatable bonds is 2. The Kier molecular flexibility index (Phi) is 2.83. The lowest BCUT2D eigenvalue weighted by Crippen LogP contribution is -1.89. The minimum Gasteiger partial charge on any atom is -0.496 e. The highest BCUT2D eigenvalue weighted by atomic mass is 35.5. The van der Waals surface area contributed by atoms with Crippen LogP contribution in [0.15, 0.2) is 36.5 Å². The lowest BCUT2D eigenvalue weighted by molar-refractivity contribution is 0.416. The molecular formula is C11H9ClN2O. The van der Waals surface area contributed by atoms with Crippen molar-refractivity contribution in [3.05, 3.63) is 41.7 Å². The van der Waals surface area contributed by atoms with Crippen LogP contribution in [0.2, 0.25) is 5.15 Å². The van der Waals surface area contributed by atoms with Crippen LogP contribution in [0.5, 0.6) is 5.75 Å². The second-order valence-electron chi connectivity index (χ2n) is 2.97. The molecule has 0 atom stereocenters. The van der Waals surface area contributed by atoms with Gasteiger partial charge in [-0.25, -0.2) is 0 Å². The molecule has 0 aliphatic rings. The molecule has 2 rings (SSSR count). The van der Waals surface area contributed by atoms with Crippen molar-refractivity contribution < 1.29 is 4.74 Å². The highest BCUT2D eigenvalue weighted by molar-refractivity contribution is 6.29. The minimum absolute atomic E-state index is 0.374. The molecule has 15 heavy (non-hydrogen) atoms. The topological polar surface area (TPSA) is 35.0 Å². The fraction of sp³-hybridized carbons (Fsp3) is 0.0909. The van der Waals surface area contributed by atoms with Crippen LogP contribution in [0.3, 0.4) is 0 Å². The summed E-state index contributed by atoms with van der Waals surface area (Å²) in [5.74, 6) is 0.793. The van der Waals surface area contributed by atoms with Gasteiger partial charge in [0, 0.05) is 11.1 Å². The normalized spacial score (nSPS) is 10.0. The minimum atomic E-state index is 0.374. The van der Waals surface area contributed by atoms with Crippen LogP contribution in [-0.4, -0.2) is 17.3 Å². The van der Waals surface area contributed by atoms with Crippen LogP contribution in [0.4, 0.5) is 0 Å². The molecule has 0 fully saturated rings. The first-order chi connectivity index (χ1) is 7.31. The zero-order valence-corrected chi connectivity index (χ0v) is 8.90. The Morgan fingerprint density at radius 1 is 1.27 bits per heavy atom. The van der Waals surface area contributed by atoms with Crippen LogP contribution in [0.25, 0.3) is 11.1 Å². The molecule has 76 valence electrons. The Balaban J connectivity index is 2.53. The molecule has 0 amide bonds. The van der Waals surface area contributed by atoms with Gasteiger partial charge in [0.1, 0.15) is 5.75 Å². The van der Waals surface area contributed by atoms with Crippen LogP contribution in [-0.2, 0) is 0 Å². The van der Waals surface area contributed by atoms with E-state index in [9.17, 15) is 0 Å². The van der Waals surface area contributed by atoms with Crippen LogP contribution in [0.1, 0.15) is 0 Å². The van der Waals surface area contributed by atoms with Crippen molar-refractivity contribution in [2.45, 2.75) is 0 Å². The van der Waals surface area contributed by atoms with Gasteiger partial charge in [-0.3, -0.25) is 0 Å². The predicted molar refractivity (Wildman–Crippen MR) is 59.0 cm³/mol. The fourth-order valence-corrected chi connectivity index (χ4v) is 1.53. The van der Waals surface area contributed by atoms with Gasteiger partial charge in [-0.2, -0.15) is 5.10 Å². The highest BCUT2D eigenvalue weighted by Gasteiger charge is 2.05. The number of halogens is 1. The van der Waals surface area contributed by atoms with Gasteiger partial charge in [-0.15, -0.1) is 5.10 Å². The van der Waals surface area contributed by atoms with E-state index in [4.69, 9.17) is 16.3 Å². The summed E-state index contributed by atoms with van der Waals surface area (Å²) in [6.07, 6.45) is 1.66. The summed E-state index contributed by atoms with van der Waals surface area (Å²) in [6, 6.07) is 9.45. The molecule has 0 bridgehead atoms. The van der Waals surface area contributed by atoms with Crippen LogP contribution in [0, 0.1) is 0 Å². The monoisotopic (exact) mass is 220 g/mol. The second-order valence-corrected chi connectivity index (χ2v) is 3.35. The SMILES string of the molecule is COc1ccccc1-c1cnnc(Cl)c1. The summed E-state index contributed by atoms with van der Waals surface area (Å²) in [5.41, 5.74) is 1.85. The van der Waals surface area contributed by atoms with E-state index >= 15 is 0 Å². The van der Waals surface area contributed by atoms with Gasteiger partial charge in [-0.1, -0.05) is 29.8 Å². The Hall–Kier alpha value is -1.61. The average molecular weight is 221 g/mol. The maximum absolute atomic E-state index is 5.78. The Morgan fingerprint density at radius 3 is 2.80 bits per heavy atom. The Bertz CT molecular complexity index is 474. The van der Waals surface area contributed by atoms with E-state index in [-0.39, 0.29) is 0 Å². The van der Waals surface area contributed by atoms with Gasteiger partial charge in [0.2, 0.25) is 0 Å². The molecule has 3 nitrogen and oxygen atoms in total. The molecular weight excluding hydrogens is 212 g/mol. The Labute approximate surface area is 92.7 Å². The molecule has 0 saturated carbocycles. The lowest BCUT2D eigenvalue weighted by atomic mass is 10.1. The maximum Gasteiger partial charge on any atom is 0.152 e. The van der Waals surface area contributed by atoms with E-state index in [0.717, 1.165) is 16.9 Å². The molecule has 1 aromatic heterocycles. The van der Waals surface area contributed by atoms with Crippen molar-refractivity contribution >= 4 is 11.6 Å². The molecule has 0 aliphatic heterocycles. The van der Waals surface area contributed by atoms with Crippen molar-refractivity contribution in [2.24, 2.45) is 0 Å². The molecule has 1 aromatic carbocycles. The van der Waals surface area contributed by atoms with E-state index in [1.165, 1.54) is 0 Å². The van der Waals surface area contributed by atoms with Gasteiger partial charge in [0.25, 0.3) is 0 Å². The van der Waals surface area contributed by atoms with Gasteiger partial charge >= 0.3 is 0 Å². The molecule has 0 unspecified atom stereocenters. The third-order valence-electron chi connectivity index (χ3n) is 2.04. The molecule has 0 spiro atoms. The molecule has 2 aromatic rings. The van der Waals surface area contributed by atoms with Crippen molar-refractivity contribution in [1.82, 2.24) is 10.2 Å². The zero-order chi connectivity index (χ0) is 10.7. The van der Waals surface area contributed by atoms with Crippen molar-refractivity contribution in [2.75, 3.05) is 7.11 Å². The molecule has 1 heterocycles. The van der Waals surface area contributed by atoms with Crippen molar-refractivity contribution in [3.8, 4) is 16.9 Å². The van der Waals surface area contributed by atoms with E-state index in [2.05, 4.69) is 10.2 Å². The third-order valence-corrected chi connectivity index (χ3v) is 2.23. The molecule has 0 radical (unpaired) electrons. The highest BCUT2D eigenvalue weighted by Crippen LogP contribution is 2.29. The number of methoxy groups -OCH3 is 1. The largest absolute Gasteiger partial charge is 0.496 e. The standard InChI is InChI=1S/C11H9ClN2O/c1-15-10-5-3-2-4-9(10)8-6-11(12)14-13-7-8/h2-7H,1H3. The molecule has 0 N–H and O–H groups in total. The van der Waals surface area contributed by atoms with Gasteiger partial charge in [0.15, 0.2) is 5.15 Å². The van der Waals surface area contributed by atoms with E-state index in [1.54, 1.807) is 19.4 Å². The summed E-state index contributed by atoms with van der Waals surface area (Å²) in [5, 5.41) is 7.87. The summed E-state index contributed by atoms with van der Waals surface area (Å²) in [6.45, 7) is 0. The van der Waals surface area contributed by atoms with Gasteiger partial charge in [0.05, 0.1) is 13.3 Å². The van der Waals surface area contributed by atoms with Crippen molar-refractivity contribution in [3.63, 3.8) is 0 Å². The Morgan fingerprint density at radius 2 is 2.07 bits per heavy atom. The summed E-state index contributed by atoms with van der Waals surface area (Å²) < 4.78 is 5.25. The summed E-state index contributed by atoms with van der Waals surface area (Å²) in [4.78, 5) is 0. The average Bonchev–Trinajstić information content (AvgIpc) is 2.29. The zero-order valence-electron chi connectivity index (χ0n) is 8.14. The third kappa shape index (κ3) is 2.07. The molecule has 4 heteroatoms. The summed E-state index contributed by atoms with van der Waals surface area (Å²) >= 11 is 5.78. The van der Waals surface area contributed by atoms with E-state index in [1.807, 2.05) is 24.3 Å². The first-order valence-corrected chi connectivity index (χ1v) is 4.80. The van der Waals surface area contributed by atoms with Crippen LogP contribution < -0.4 is 4.74 Å². The number of para-hydroxylation sites is 1. The summed E-state index contributed by atoms with van der Waals surface area (Å²) in [7, 11) is 1.63. The maximum atomic E-state index is 5.78. The first kappa shape index (κ1) is 9.93. The predicted octanol–water partition coefficient (Wildman–Crippen LogP) is 2.81. The number of benzene rings is 1. The fourth-order valence-electron chi connectivity index (χ4n) is 1.37. The van der Waals surface area contributed by atoms with E-state index < -0.39 is 0 Å². The lowest BCUT2D eigenvalue weighted by Gasteiger charge is -2.07. The van der Waals surface area contributed by atoms with E-state index in [0.29, 0.717) is 5.15 Å². The number of nitrogens with zero attached hydrogens (tertiary/aromatic N) is 2. The number of aromatic nitrogens is 2. The van der Waals surface area contributed by atoms with Gasteiger partial charge < -0.3 is 4.74 Å². The van der Waals surface area contributed by atoms with Crippen LogP contribution >= 0.6 is 11.6 Å². The second kappa shape index (κ2) is 4.28. The van der Waals surface area contributed by atoms with Crippen molar-refractivity contribution in [1.29, 1.82) is 0 Å². The first-order valence-electron chi connectivity index (χ1n) is 4.43. The number of hydrogen-bond donors (Lipinski definition) is 0. The smallest absolute Gasteiger partial charge is 0.152 e. The number of hydrogen-bond acceptors (Lipinski definition) is 3. The quantitative estimate of drug-likeness (QED) is 0.781. The molecule has 0 aliphatic carbocycles. The van der Waals surface area contributed by atoms with Gasteiger partial charge in [-0.05, 0) is 12.1 Å².